The minimum atomic E-state index is -4.49. The van der Waals surface area contributed by atoms with Gasteiger partial charge in [0, 0.05) is 37.4 Å². The van der Waals surface area contributed by atoms with E-state index in [2.05, 4.69) is 26.0 Å². The van der Waals surface area contributed by atoms with Gasteiger partial charge in [-0.05, 0) is 57.4 Å². The van der Waals surface area contributed by atoms with E-state index in [1.807, 2.05) is 13.8 Å². The summed E-state index contributed by atoms with van der Waals surface area (Å²) in [5, 5.41) is 23.8. The predicted octanol–water partition coefficient (Wildman–Crippen LogP) is 4.04. The Morgan fingerprint density at radius 1 is 1.11 bits per heavy atom. The summed E-state index contributed by atoms with van der Waals surface area (Å²) in [6.45, 7) is 6.97. The molecule has 0 bridgehead atoms. The maximum absolute atomic E-state index is 13.0. The second kappa shape index (κ2) is 10.3. The number of nitrogens with zero attached hydrogens (tertiary/aromatic N) is 6. The van der Waals surface area contributed by atoms with Crippen molar-refractivity contribution in [2.45, 2.75) is 57.2 Å². The number of piperidine rings is 1. The van der Waals surface area contributed by atoms with Gasteiger partial charge in [0.2, 0.25) is 0 Å². The van der Waals surface area contributed by atoms with Gasteiger partial charge in [-0.15, -0.1) is 0 Å². The first-order valence-corrected chi connectivity index (χ1v) is 12.2. The van der Waals surface area contributed by atoms with E-state index < -0.39 is 17.2 Å². The van der Waals surface area contributed by atoms with Gasteiger partial charge in [-0.2, -0.15) is 23.5 Å². The van der Waals surface area contributed by atoms with Crippen LogP contribution in [0, 0.1) is 18.3 Å². The Labute approximate surface area is 218 Å². The standard InChI is InChI=1S/C27H29F3N6O2/c1-18-21(15-34-36(18)24-7-5-20(14-33-24)27(28,29)30)22(38)12-19-4-6-23(32-13-19)26(16-31)8-10-35(11-9-26)25(2,3)17-37/h4-7,13-15,37H,8-12,17H2,1-3H3. The molecule has 1 aliphatic heterocycles. The lowest BCUT2D eigenvalue weighted by molar-refractivity contribution is -0.137. The molecular weight excluding hydrogens is 497 g/mol. The zero-order valence-electron chi connectivity index (χ0n) is 21.5. The van der Waals surface area contributed by atoms with E-state index >= 15 is 0 Å². The van der Waals surface area contributed by atoms with Gasteiger partial charge in [-0.25, -0.2) is 9.67 Å². The second-order valence-corrected chi connectivity index (χ2v) is 10.3. The van der Waals surface area contributed by atoms with Crippen LogP contribution in [0.15, 0.2) is 42.9 Å². The van der Waals surface area contributed by atoms with Gasteiger partial charge >= 0.3 is 6.18 Å². The number of ketones is 1. The summed E-state index contributed by atoms with van der Waals surface area (Å²) in [6, 6.07) is 8.16. The van der Waals surface area contributed by atoms with Gasteiger partial charge in [0.15, 0.2) is 11.6 Å². The van der Waals surface area contributed by atoms with E-state index in [1.54, 1.807) is 25.3 Å². The lowest BCUT2D eigenvalue weighted by Crippen LogP contribution is -2.53. The summed E-state index contributed by atoms with van der Waals surface area (Å²) < 4.78 is 39.8. The molecule has 0 unspecified atom stereocenters. The van der Waals surface area contributed by atoms with Crippen molar-refractivity contribution in [3.8, 4) is 11.9 Å². The van der Waals surface area contributed by atoms with Gasteiger partial charge in [-0.1, -0.05) is 6.07 Å². The summed E-state index contributed by atoms with van der Waals surface area (Å²) in [5.41, 5.74) is 0.192. The fraction of sp³-hybridized carbons (Fsp3) is 0.444. The number of aromatic nitrogens is 4. The van der Waals surface area contributed by atoms with Gasteiger partial charge < -0.3 is 5.11 Å². The first-order valence-electron chi connectivity index (χ1n) is 12.2. The largest absolute Gasteiger partial charge is 0.417 e. The summed E-state index contributed by atoms with van der Waals surface area (Å²) in [4.78, 5) is 23.6. The molecule has 1 aliphatic rings. The van der Waals surface area contributed by atoms with Crippen LogP contribution in [0.25, 0.3) is 5.82 Å². The number of aliphatic hydroxyl groups excluding tert-OH is 1. The highest BCUT2D eigenvalue weighted by atomic mass is 19.4. The van der Waals surface area contributed by atoms with Gasteiger partial charge in [0.25, 0.3) is 0 Å². The SMILES string of the molecule is Cc1c(C(=O)Cc2ccc(C3(C#N)CCN(C(C)(C)CO)CC3)nc2)cnn1-c1ccc(C(F)(F)F)cn1. The Morgan fingerprint density at radius 2 is 1.82 bits per heavy atom. The van der Waals surface area contributed by atoms with Crippen LogP contribution >= 0.6 is 0 Å². The number of likely N-dealkylation sites (tertiary alicyclic amines) is 1. The number of nitriles is 1. The molecule has 3 aromatic rings. The van der Waals surface area contributed by atoms with Crippen LogP contribution in [-0.4, -0.2) is 60.8 Å². The van der Waals surface area contributed by atoms with E-state index in [0.717, 1.165) is 12.3 Å². The van der Waals surface area contributed by atoms with Crippen LogP contribution in [0.3, 0.4) is 0 Å². The highest BCUT2D eigenvalue weighted by Gasteiger charge is 2.41. The van der Waals surface area contributed by atoms with E-state index in [4.69, 9.17) is 0 Å². The van der Waals surface area contributed by atoms with Crippen molar-refractivity contribution in [2.75, 3.05) is 19.7 Å². The van der Waals surface area contributed by atoms with Crippen molar-refractivity contribution < 1.29 is 23.1 Å². The van der Waals surface area contributed by atoms with Crippen molar-refractivity contribution in [1.29, 1.82) is 5.26 Å². The molecule has 38 heavy (non-hydrogen) atoms. The number of rotatable bonds is 7. The maximum atomic E-state index is 13.0. The molecule has 8 nitrogen and oxygen atoms in total. The number of pyridine rings is 2. The monoisotopic (exact) mass is 526 g/mol. The Bertz CT molecular complexity index is 1330. The fourth-order valence-electron chi connectivity index (χ4n) is 4.71. The molecule has 200 valence electrons. The van der Waals surface area contributed by atoms with E-state index in [-0.39, 0.29) is 30.2 Å². The van der Waals surface area contributed by atoms with Crippen molar-refractivity contribution in [3.05, 3.63) is 70.9 Å². The molecular formula is C27H29F3N6O2. The third kappa shape index (κ3) is 5.33. The van der Waals surface area contributed by atoms with Gasteiger partial charge in [0.05, 0.1) is 41.4 Å². The molecule has 4 rings (SSSR count). The van der Waals surface area contributed by atoms with Gasteiger partial charge in [0.1, 0.15) is 5.41 Å². The Kier molecular flexibility index (Phi) is 7.41. The zero-order chi connectivity index (χ0) is 27.7. The number of aliphatic hydroxyl groups is 1. The van der Waals surface area contributed by atoms with Crippen LogP contribution in [0.4, 0.5) is 13.2 Å². The van der Waals surface area contributed by atoms with Crippen LogP contribution < -0.4 is 0 Å². The predicted molar refractivity (Wildman–Crippen MR) is 133 cm³/mol. The van der Waals surface area contributed by atoms with Crippen LogP contribution in [-0.2, 0) is 18.0 Å². The molecule has 0 saturated carbocycles. The first-order chi connectivity index (χ1) is 17.9. The first kappa shape index (κ1) is 27.4. The summed E-state index contributed by atoms with van der Waals surface area (Å²) in [5.74, 6) is -0.0412. The smallest absolute Gasteiger partial charge is 0.394 e. The molecule has 1 saturated heterocycles. The maximum Gasteiger partial charge on any atom is 0.417 e. The van der Waals surface area contributed by atoms with Crippen molar-refractivity contribution in [1.82, 2.24) is 24.6 Å². The topological polar surface area (TPSA) is 108 Å². The molecule has 0 atom stereocenters. The average molecular weight is 527 g/mol. The number of hydrogen-bond acceptors (Lipinski definition) is 7. The number of hydrogen-bond donors (Lipinski definition) is 1. The molecule has 4 heterocycles. The molecule has 0 spiro atoms. The molecule has 0 amide bonds. The van der Waals surface area contributed by atoms with Gasteiger partial charge in [-0.3, -0.25) is 14.7 Å². The van der Waals surface area contributed by atoms with E-state index in [1.165, 1.54) is 16.9 Å². The quantitative estimate of drug-likeness (QED) is 0.463. The number of halogens is 3. The molecule has 0 radical (unpaired) electrons. The number of carbonyl (C=O) groups is 1. The average Bonchev–Trinajstić information content (AvgIpc) is 3.30. The molecule has 1 fully saturated rings. The lowest BCUT2D eigenvalue weighted by Gasteiger charge is -2.44. The Morgan fingerprint density at radius 3 is 2.34 bits per heavy atom. The van der Waals surface area contributed by atoms with Crippen molar-refractivity contribution >= 4 is 5.78 Å². The van der Waals surface area contributed by atoms with E-state index in [0.29, 0.717) is 48.4 Å². The minimum absolute atomic E-state index is 0.0345. The lowest BCUT2D eigenvalue weighted by atomic mass is 9.75. The molecule has 3 aromatic heterocycles. The fourth-order valence-corrected chi connectivity index (χ4v) is 4.71. The highest BCUT2D eigenvalue weighted by Crippen LogP contribution is 2.36. The molecule has 0 aromatic carbocycles. The van der Waals surface area contributed by atoms with E-state index in [9.17, 15) is 28.3 Å². The second-order valence-electron chi connectivity index (χ2n) is 10.3. The molecule has 1 N–H and O–H groups in total. The van der Waals surface area contributed by atoms with Crippen LogP contribution in [0.5, 0.6) is 0 Å². The van der Waals surface area contributed by atoms with Crippen LogP contribution in [0.1, 0.15) is 59.6 Å². The third-order valence-electron chi connectivity index (χ3n) is 7.36. The van der Waals surface area contributed by atoms with Crippen LogP contribution in [0.2, 0.25) is 0 Å². The normalized spacial score (nSPS) is 16.3. The number of carbonyl (C=O) groups excluding carboxylic acids is 1. The Balaban J connectivity index is 1.45. The summed E-state index contributed by atoms with van der Waals surface area (Å²) in [7, 11) is 0. The Hall–Kier alpha value is -3.62. The highest BCUT2D eigenvalue weighted by molar-refractivity contribution is 5.98. The third-order valence-corrected chi connectivity index (χ3v) is 7.36. The minimum Gasteiger partial charge on any atom is -0.394 e. The summed E-state index contributed by atoms with van der Waals surface area (Å²) >= 11 is 0. The summed E-state index contributed by atoms with van der Waals surface area (Å²) in [6.07, 6.45) is 0.465. The van der Waals surface area contributed by atoms with Crippen molar-refractivity contribution in [3.63, 3.8) is 0 Å². The zero-order valence-corrected chi connectivity index (χ0v) is 21.5. The number of alkyl halides is 3. The molecule has 0 aliphatic carbocycles. The number of Topliss-reactive ketones (excluding diaryl/α,β-unsaturated/α-hetero) is 1. The van der Waals surface area contributed by atoms with Crippen molar-refractivity contribution in [2.24, 2.45) is 0 Å². The molecule has 11 heteroatoms.